The number of nitrogens with zero attached hydrogens (tertiary/aromatic N) is 2. The van der Waals surface area contributed by atoms with E-state index in [1.165, 1.54) is 0 Å². The molecule has 4 heteroatoms. The van der Waals surface area contributed by atoms with Crippen LogP contribution < -0.4 is 5.32 Å². The van der Waals surface area contributed by atoms with Crippen LogP contribution in [-0.4, -0.2) is 36.5 Å². The minimum Gasteiger partial charge on any atom is -0.352 e. The largest absolute Gasteiger partial charge is 0.352 e. The highest BCUT2D eigenvalue weighted by Crippen LogP contribution is 2.02. The van der Waals surface area contributed by atoms with Crippen LogP contribution in [0.4, 0.5) is 0 Å². The first-order valence-electron chi connectivity index (χ1n) is 5.82. The zero-order chi connectivity index (χ0) is 12.7. The second-order valence-electron chi connectivity index (χ2n) is 4.46. The molecule has 0 aromatic carbocycles. The van der Waals surface area contributed by atoms with Crippen molar-refractivity contribution in [3.8, 4) is 6.07 Å². The van der Waals surface area contributed by atoms with E-state index in [0.717, 1.165) is 6.42 Å². The Morgan fingerprint density at radius 2 is 2.00 bits per heavy atom. The summed E-state index contributed by atoms with van der Waals surface area (Å²) in [5.41, 5.74) is 0. The maximum atomic E-state index is 11.8. The number of hydrogen-bond acceptors (Lipinski definition) is 3. The Balaban J connectivity index is 4.17. The lowest BCUT2D eigenvalue weighted by atomic mass is 10.1. The molecule has 1 N–H and O–H groups in total. The number of amides is 1. The summed E-state index contributed by atoms with van der Waals surface area (Å²) in [6.07, 6.45) is 0.927. The number of likely N-dealkylation sites (N-methyl/N-ethyl adjacent to an activating group) is 1. The summed E-state index contributed by atoms with van der Waals surface area (Å²) in [6, 6.07) is 2.18. The standard InChI is InChI=1S/C12H23N3O/c1-6-10(3)14-12(16)11(4)15(5)8-9(2)7-13/h9-11H,6,8H2,1-5H3,(H,14,16). The van der Waals surface area contributed by atoms with Gasteiger partial charge < -0.3 is 5.32 Å². The topological polar surface area (TPSA) is 56.1 Å². The maximum absolute atomic E-state index is 11.8. The van der Waals surface area contributed by atoms with Crippen LogP contribution in [0.15, 0.2) is 0 Å². The van der Waals surface area contributed by atoms with Gasteiger partial charge in [-0.05, 0) is 34.2 Å². The molecule has 0 saturated carbocycles. The van der Waals surface area contributed by atoms with E-state index in [-0.39, 0.29) is 23.9 Å². The summed E-state index contributed by atoms with van der Waals surface area (Å²) < 4.78 is 0. The number of hydrogen-bond donors (Lipinski definition) is 1. The molecule has 0 rings (SSSR count). The van der Waals surface area contributed by atoms with Gasteiger partial charge in [0.25, 0.3) is 0 Å². The van der Waals surface area contributed by atoms with E-state index in [2.05, 4.69) is 11.4 Å². The quantitative estimate of drug-likeness (QED) is 0.743. The Labute approximate surface area is 98.6 Å². The van der Waals surface area contributed by atoms with Crippen LogP contribution in [0.5, 0.6) is 0 Å². The van der Waals surface area contributed by atoms with Gasteiger partial charge in [0.1, 0.15) is 0 Å². The van der Waals surface area contributed by atoms with Crippen molar-refractivity contribution in [1.82, 2.24) is 10.2 Å². The van der Waals surface area contributed by atoms with Gasteiger partial charge in [0.05, 0.1) is 18.0 Å². The fourth-order valence-corrected chi connectivity index (χ4v) is 1.30. The monoisotopic (exact) mass is 225 g/mol. The normalized spacial score (nSPS) is 16.3. The van der Waals surface area contributed by atoms with E-state index in [0.29, 0.717) is 6.54 Å². The maximum Gasteiger partial charge on any atom is 0.237 e. The Hall–Kier alpha value is -1.08. The molecule has 0 aliphatic carbocycles. The van der Waals surface area contributed by atoms with Crippen molar-refractivity contribution in [2.45, 2.75) is 46.2 Å². The van der Waals surface area contributed by atoms with Crippen molar-refractivity contribution in [3.63, 3.8) is 0 Å². The van der Waals surface area contributed by atoms with E-state index in [1.54, 1.807) is 0 Å². The Morgan fingerprint density at radius 1 is 1.44 bits per heavy atom. The van der Waals surface area contributed by atoms with Crippen LogP contribution in [0.3, 0.4) is 0 Å². The Kier molecular flexibility index (Phi) is 6.75. The lowest BCUT2D eigenvalue weighted by Gasteiger charge is -2.25. The van der Waals surface area contributed by atoms with Crippen LogP contribution in [0.1, 0.15) is 34.1 Å². The first-order valence-corrected chi connectivity index (χ1v) is 5.82. The first kappa shape index (κ1) is 14.9. The van der Waals surface area contributed by atoms with Gasteiger partial charge >= 0.3 is 0 Å². The second-order valence-corrected chi connectivity index (χ2v) is 4.46. The fraction of sp³-hybridized carbons (Fsp3) is 0.833. The van der Waals surface area contributed by atoms with Crippen molar-refractivity contribution >= 4 is 5.91 Å². The van der Waals surface area contributed by atoms with Crippen molar-refractivity contribution in [1.29, 1.82) is 5.26 Å². The van der Waals surface area contributed by atoms with Gasteiger partial charge in [-0.25, -0.2) is 0 Å². The molecule has 16 heavy (non-hydrogen) atoms. The van der Waals surface area contributed by atoms with E-state index < -0.39 is 0 Å². The number of carbonyl (C=O) groups is 1. The van der Waals surface area contributed by atoms with E-state index in [4.69, 9.17) is 5.26 Å². The van der Waals surface area contributed by atoms with Crippen molar-refractivity contribution in [3.05, 3.63) is 0 Å². The van der Waals surface area contributed by atoms with E-state index in [1.807, 2.05) is 39.6 Å². The molecule has 1 amide bonds. The molecule has 0 bridgehead atoms. The molecule has 0 aromatic heterocycles. The molecular weight excluding hydrogens is 202 g/mol. The Morgan fingerprint density at radius 3 is 2.44 bits per heavy atom. The lowest BCUT2D eigenvalue weighted by molar-refractivity contribution is -0.126. The number of rotatable bonds is 6. The SMILES string of the molecule is CCC(C)NC(=O)C(C)N(C)CC(C)C#N. The average Bonchev–Trinajstić information content (AvgIpc) is 2.27. The summed E-state index contributed by atoms with van der Waals surface area (Å²) in [5, 5.41) is 11.6. The second kappa shape index (κ2) is 7.24. The lowest BCUT2D eigenvalue weighted by Crippen LogP contribution is -2.47. The van der Waals surface area contributed by atoms with Gasteiger partial charge in [-0.1, -0.05) is 6.92 Å². The van der Waals surface area contributed by atoms with Gasteiger partial charge in [-0.15, -0.1) is 0 Å². The van der Waals surface area contributed by atoms with E-state index >= 15 is 0 Å². The number of nitriles is 1. The molecule has 0 aromatic rings. The van der Waals surface area contributed by atoms with Crippen molar-refractivity contribution in [2.24, 2.45) is 5.92 Å². The predicted molar refractivity (Wildman–Crippen MR) is 64.8 cm³/mol. The zero-order valence-corrected chi connectivity index (χ0v) is 10.9. The molecular formula is C12H23N3O. The van der Waals surface area contributed by atoms with Crippen molar-refractivity contribution < 1.29 is 4.79 Å². The third-order valence-corrected chi connectivity index (χ3v) is 2.82. The third-order valence-electron chi connectivity index (χ3n) is 2.82. The summed E-state index contributed by atoms with van der Waals surface area (Å²) in [7, 11) is 1.87. The van der Waals surface area contributed by atoms with Crippen LogP contribution in [0, 0.1) is 17.2 Å². The highest BCUT2D eigenvalue weighted by atomic mass is 16.2. The van der Waals surface area contributed by atoms with Crippen LogP contribution in [0.2, 0.25) is 0 Å². The minimum absolute atomic E-state index is 0.0296. The third kappa shape index (κ3) is 5.13. The Bertz CT molecular complexity index is 259. The molecule has 0 fully saturated rings. The molecule has 0 aliphatic rings. The van der Waals surface area contributed by atoms with Gasteiger partial charge in [-0.2, -0.15) is 5.26 Å². The molecule has 3 unspecified atom stereocenters. The highest BCUT2D eigenvalue weighted by Gasteiger charge is 2.20. The van der Waals surface area contributed by atoms with Gasteiger partial charge in [0.2, 0.25) is 5.91 Å². The molecule has 92 valence electrons. The van der Waals surface area contributed by atoms with Crippen LogP contribution in [-0.2, 0) is 4.79 Å². The van der Waals surface area contributed by atoms with E-state index in [9.17, 15) is 4.79 Å². The molecule has 0 spiro atoms. The summed E-state index contributed by atoms with van der Waals surface area (Å²) in [4.78, 5) is 13.7. The van der Waals surface area contributed by atoms with Crippen LogP contribution in [0.25, 0.3) is 0 Å². The zero-order valence-electron chi connectivity index (χ0n) is 10.9. The van der Waals surface area contributed by atoms with Crippen molar-refractivity contribution in [2.75, 3.05) is 13.6 Å². The molecule has 0 saturated heterocycles. The smallest absolute Gasteiger partial charge is 0.237 e. The molecule has 4 nitrogen and oxygen atoms in total. The summed E-state index contributed by atoms with van der Waals surface area (Å²) >= 11 is 0. The molecule has 0 aliphatic heterocycles. The fourth-order valence-electron chi connectivity index (χ4n) is 1.30. The van der Waals surface area contributed by atoms with Gasteiger partial charge in [0, 0.05) is 12.6 Å². The predicted octanol–water partition coefficient (Wildman–Crippen LogP) is 1.38. The van der Waals surface area contributed by atoms with Crippen LogP contribution >= 0.6 is 0 Å². The number of nitrogens with one attached hydrogen (secondary N) is 1. The molecule has 0 radical (unpaired) electrons. The molecule has 3 atom stereocenters. The van der Waals surface area contributed by atoms with Gasteiger partial charge in [0.15, 0.2) is 0 Å². The summed E-state index contributed by atoms with van der Waals surface area (Å²) in [6.45, 7) is 8.36. The van der Waals surface area contributed by atoms with Gasteiger partial charge in [-0.3, -0.25) is 9.69 Å². The summed E-state index contributed by atoms with van der Waals surface area (Å²) in [5.74, 6) is -0.0224. The molecule has 0 heterocycles. The minimum atomic E-state index is -0.190. The first-order chi connectivity index (χ1) is 7.42. The number of carbonyl (C=O) groups excluding carboxylic acids is 1. The average molecular weight is 225 g/mol. The highest BCUT2D eigenvalue weighted by molar-refractivity contribution is 5.81.